The number of benzene rings is 1. The number of thiophene rings is 1. The summed E-state index contributed by atoms with van der Waals surface area (Å²) in [5, 5.41) is 3.43. The molecular weight excluding hydrogens is 298 g/mol. The number of nitrogens with zero attached hydrogens (tertiary/aromatic N) is 1. The highest BCUT2D eigenvalue weighted by molar-refractivity contribution is 7.21. The van der Waals surface area contributed by atoms with Crippen LogP contribution in [0.25, 0.3) is 10.2 Å². The van der Waals surface area contributed by atoms with E-state index in [-0.39, 0.29) is 11.7 Å². The molecular formula is C16H13N3O2S. The Morgan fingerprint density at radius 1 is 1.23 bits per heavy atom. The lowest BCUT2D eigenvalue weighted by Gasteiger charge is -2.03. The molecule has 3 rings (SSSR count). The van der Waals surface area contributed by atoms with E-state index in [1.165, 1.54) is 24.5 Å². The van der Waals surface area contributed by atoms with E-state index < -0.39 is 0 Å². The van der Waals surface area contributed by atoms with Gasteiger partial charge in [-0.2, -0.15) is 0 Å². The van der Waals surface area contributed by atoms with E-state index in [4.69, 9.17) is 5.73 Å². The molecule has 0 saturated carbocycles. The molecule has 1 amide bonds. The highest BCUT2D eigenvalue weighted by atomic mass is 32.1. The highest BCUT2D eigenvalue weighted by Crippen LogP contribution is 2.33. The number of aromatic nitrogens is 1. The molecule has 0 radical (unpaired) electrons. The molecule has 0 atom stereocenters. The standard InChI is InChI=1S/C16H13N3O2S/c1-9(20)10-7-12-13(17)14(22-16(12)18-8-10)15(21)19-11-5-3-2-4-6-11/h2-8H,17H2,1H3,(H,19,21). The first kappa shape index (κ1) is 14.2. The highest BCUT2D eigenvalue weighted by Gasteiger charge is 2.18. The number of hydrogen-bond acceptors (Lipinski definition) is 5. The summed E-state index contributed by atoms with van der Waals surface area (Å²) in [6.45, 7) is 1.47. The van der Waals surface area contributed by atoms with Crippen LogP contribution in [0.1, 0.15) is 27.0 Å². The van der Waals surface area contributed by atoms with Crippen LogP contribution in [0.2, 0.25) is 0 Å². The van der Waals surface area contributed by atoms with Gasteiger partial charge in [-0.1, -0.05) is 18.2 Å². The van der Waals surface area contributed by atoms with Crippen LogP contribution in [0.4, 0.5) is 11.4 Å². The Balaban J connectivity index is 1.99. The number of rotatable bonds is 3. The number of pyridine rings is 1. The lowest BCUT2D eigenvalue weighted by molar-refractivity contribution is 0.101. The maximum atomic E-state index is 12.3. The largest absolute Gasteiger partial charge is 0.397 e. The first-order valence-electron chi connectivity index (χ1n) is 6.61. The first-order valence-corrected chi connectivity index (χ1v) is 7.43. The third kappa shape index (κ3) is 2.56. The molecule has 0 saturated heterocycles. The van der Waals surface area contributed by atoms with E-state index in [0.29, 0.717) is 32.0 Å². The first-order chi connectivity index (χ1) is 10.6. The molecule has 0 unspecified atom stereocenters. The minimum atomic E-state index is -0.281. The molecule has 1 aromatic carbocycles. The molecule has 2 aromatic heterocycles. The average Bonchev–Trinajstić information content (AvgIpc) is 2.85. The number of anilines is 2. The number of para-hydroxylation sites is 1. The van der Waals surface area contributed by atoms with Crippen molar-refractivity contribution in [3.8, 4) is 0 Å². The number of nitrogens with two attached hydrogens (primary N) is 1. The fourth-order valence-electron chi connectivity index (χ4n) is 2.07. The zero-order valence-corrected chi connectivity index (χ0v) is 12.6. The van der Waals surface area contributed by atoms with E-state index in [9.17, 15) is 9.59 Å². The molecule has 0 fully saturated rings. The van der Waals surface area contributed by atoms with Crippen molar-refractivity contribution in [1.82, 2.24) is 4.98 Å². The van der Waals surface area contributed by atoms with Gasteiger partial charge in [0.1, 0.15) is 9.71 Å². The van der Waals surface area contributed by atoms with Gasteiger partial charge < -0.3 is 11.1 Å². The number of Topliss-reactive ketones (excluding diaryl/α,β-unsaturated/α-hetero) is 1. The van der Waals surface area contributed by atoms with E-state index in [1.54, 1.807) is 18.2 Å². The molecule has 2 heterocycles. The number of amides is 1. The summed E-state index contributed by atoms with van der Waals surface area (Å²) in [6, 6.07) is 10.8. The molecule has 5 nitrogen and oxygen atoms in total. The zero-order valence-electron chi connectivity index (χ0n) is 11.8. The van der Waals surface area contributed by atoms with Crippen LogP contribution in [-0.4, -0.2) is 16.7 Å². The lowest BCUT2D eigenvalue weighted by atomic mass is 10.1. The van der Waals surface area contributed by atoms with E-state index in [1.807, 2.05) is 18.2 Å². The fraction of sp³-hybridized carbons (Fsp3) is 0.0625. The summed E-state index contributed by atoms with van der Waals surface area (Å²) < 4.78 is 0. The summed E-state index contributed by atoms with van der Waals surface area (Å²) in [5.74, 6) is -0.369. The van der Waals surface area contributed by atoms with Gasteiger partial charge >= 0.3 is 0 Å². The molecule has 0 aliphatic heterocycles. The minimum absolute atomic E-state index is 0.0877. The quantitative estimate of drug-likeness (QED) is 0.726. The van der Waals surface area contributed by atoms with Crippen LogP contribution in [0.3, 0.4) is 0 Å². The Morgan fingerprint density at radius 2 is 1.95 bits per heavy atom. The monoisotopic (exact) mass is 311 g/mol. The van der Waals surface area contributed by atoms with E-state index in [2.05, 4.69) is 10.3 Å². The van der Waals surface area contributed by atoms with Crippen molar-refractivity contribution in [3.05, 3.63) is 53.0 Å². The van der Waals surface area contributed by atoms with Gasteiger partial charge in [0, 0.05) is 22.8 Å². The molecule has 3 N–H and O–H groups in total. The lowest BCUT2D eigenvalue weighted by Crippen LogP contribution is -2.11. The summed E-state index contributed by atoms with van der Waals surface area (Å²) >= 11 is 1.21. The minimum Gasteiger partial charge on any atom is -0.397 e. The van der Waals surface area contributed by atoms with Crippen molar-refractivity contribution in [3.63, 3.8) is 0 Å². The van der Waals surface area contributed by atoms with Crippen LogP contribution in [-0.2, 0) is 0 Å². The fourth-order valence-corrected chi connectivity index (χ4v) is 3.01. The van der Waals surface area contributed by atoms with Gasteiger partial charge in [-0.25, -0.2) is 4.98 Å². The molecule has 3 aromatic rings. The van der Waals surface area contributed by atoms with Crippen LogP contribution in [0.5, 0.6) is 0 Å². The van der Waals surface area contributed by atoms with Crippen molar-refractivity contribution >= 4 is 44.6 Å². The van der Waals surface area contributed by atoms with Gasteiger partial charge in [-0.15, -0.1) is 11.3 Å². The van der Waals surface area contributed by atoms with Crippen molar-refractivity contribution in [2.24, 2.45) is 0 Å². The molecule has 110 valence electrons. The predicted molar refractivity (Wildman–Crippen MR) is 88.4 cm³/mol. The molecule has 0 bridgehead atoms. The number of carbonyl (C=O) groups is 2. The van der Waals surface area contributed by atoms with Gasteiger partial charge in [0.05, 0.1) is 5.69 Å². The Morgan fingerprint density at radius 3 is 2.64 bits per heavy atom. The smallest absolute Gasteiger partial charge is 0.267 e. The van der Waals surface area contributed by atoms with Crippen LogP contribution in [0.15, 0.2) is 42.6 Å². The molecule has 22 heavy (non-hydrogen) atoms. The third-order valence-electron chi connectivity index (χ3n) is 3.23. The maximum Gasteiger partial charge on any atom is 0.267 e. The normalized spacial score (nSPS) is 10.6. The van der Waals surface area contributed by atoms with Crippen LogP contribution >= 0.6 is 11.3 Å². The number of fused-ring (bicyclic) bond motifs is 1. The van der Waals surface area contributed by atoms with Crippen molar-refractivity contribution in [2.75, 3.05) is 11.1 Å². The van der Waals surface area contributed by atoms with Crippen molar-refractivity contribution in [2.45, 2.75) is 6.92 Å². The molecule has 6 heteroatoms. The second-order valence-electron chi connectivity index (χ2n) is 4.80. The number of ketones is 1. The summed E-state index contributed by atoms with van der Waals surface area (Å²) in [4.78, 5) is 29.0. The summed E-state index contributed by atoms with van der Waals surface area (Å²) in [5.41, 5.74) is 7.59. The van der Waals surface area contributed by atoms with Crippen molar-refractivity contribution < 1.29 is 9.59 Å². The van der Waals surface area contributed by atoms with Gasteiger partial charge in [0.2, 0.25) is 0 Å². The predicted octanol–water partition coefficient (Wildman–Crippen LogP) is 3.33. The number of nitrogens with one attached hydrogen (secondary N) is 1. The topological polar surface area (TPSA) is 85.1 Å². The van der Waals surface area contributed by atoms with E-state index >= 15 is 0 Å². The molecule has 0 aliphatic rings. The second kappa shape index (κ2) is 5.57. The molecule has 0 spiro atoms. The summed E-state index contributed by atoms with van der Waals surface area (Å²) in [7, 11) is 0. The molecule has 0 aliphatic carbocycles. The van der Waals surface area contributed by atoms with Crippen LogP contribution in [0, 0.1) is 0 Å². The zero-order chi connectivity index (χ0) is 15.7. The Bertz CT molecular complexity index is 872. The second-order valence-corrected chi connectivity index (χ2v) is 5.80. The number of carbonyl (C=O) groups excluding carboxylic acids is 2. The maximum absolute atomic E-state index is 12.3. The third-order valence-corrected chi connectivity index (χ3v) is 4.36. The Kier molecular flexibility index (Phi) is 3.60. The average molecular weight is 311 g/mol. The Labute approximate surface area is 130 Å². The van der Waals surface area contributed by atoms with Crippen LogP contribution < -0.4 is 11.1 Å². The van der Waals surface area contributed by atoms with Gasteiger partial charge in [0.25, 0.3) is 5.91 Å². The summed E-state index contributed by atoms with van der Waals surface area (Å²) in [6.07, 6.45) is 1.50. The Hall–Kier alpha value is -2.73. The number of hydrogen-bond donors (Lipinski definition) is 2. The SMILES string of the molecule is CC(=O)c1cnc2sc(C(=O)Nc3ccccc3)c(N)c2c1. The van der Waals surface area contributed by atoms with Gasteiger partial charge in [0.15, 0.2) is 5.78 Å². The van der Waals surface area contributed by atoms with Gasteiger partial charge in [-0.05, 0) is 25.1 Å². The van der Waals surface area contributed by atoms with Crippen molar-refractivity contribution in [1.29, 1.82) is 0 Å². The van der Waals surface area contributed by atoms with Gasteiger partial charge in [-0.3, -0.25) is 9.59 Å². The van der Waals surface area contributed by atoms with E-state index in [0.717, 1.165) is 0 Å². The number of nitrogen functional groups attached to an aromatic ring is 1.